The molecule has 0 radical (unpaired) electrons. The van der Waals surface area contributed by atoms with Crippen LogP contribution in [-0.2, 0) is 0 Å². The van der Waals surface area contributed by atoms with Gasteiger partial charge in [0.25, 0.3) is 0 Å². The number of nitrogens with one attached hydrogen (secondary N) is 1. The summed E-state index contributed by atoms with van der Waals surface area (Å²) in [7, 11) is 0. The van der Waals surface area contributed by atoms with Gasteiger partial charge in [-0.1, -0.05) is 54.8 Å². The van der Waals surface area contributed by atoms with Crippen molar-refractivity contribution in [1.82, 2.24) is 30.1 Å². The number of benzene rings is 2. The number of fused-ring (bicyclic) bond motifs is 3. The molecule has 4 aromatic rings. The number of nitrogens with zero attached hydrogens (tertiary/aromatic N) is 5. The molecule has 2 aliphatic heterocycles. The summed E-state index contributed by atoms with van der Waals surface area (Å²) in [5, 5.41) is 17.4. The molecule has 1 aliphatic carbocycles. The van der Waals surface area contributed by atoms with Crippen molar-refractivity contribution < 1.29 is 0 Å². The molecule has 2 aromatic heterocycles. The average molecular weight is 453 g/mol. The number of aromatic amines is 1. The van der Waals surface area contributed by atoms with Gasteiger partial charge in [0.2, 0.25) is 0 Å². The minimum Gasteiger partial charge on any atom is -0.294 e. The Bertz CT molecular complexity index is 1270. The third kappa shape index (κ3) is 3.47. The van der Waals surface area contributed by atoms with Gasteiger partial charge in [-0.05, 0) is 68.2 Å². The van der Waals surface area contributed by atoms with E-state index >= 15 is 0 Å². The smallest absolute Gasteiger partial charge is 0.134 e. The predicted molar refractivity (Wildman–Crippen MR) is 134 cm³/mol. The van der Waals surface area contributed by atoms with Crippen molar-refractivity contribution in [2.24, 2.45) is 0 Å². The number of hydrogen-bond acceptors (Lipinski definition) is 4. The van der Waals surface area contributed by atoms with Gasteiger partial charge in [-0.2, -0.15) is 5.10 Å². The molecule has 2 saturated heterocycles. The van der Waals surface area contributed by atoms with Crippen LogP contribution in [-0.4, -0.2) is 48.2 Å². The first-order valence-corrected chi connectivity index (χ1v) is 13.1. The van der Waals surface area contributed by atoms with Crippen LogP contribution in [0.1, 0.15) is 69.3 Å². The lowest BCUT2D eigenvalue weighted by Crippen LogP contribution is -2.49. The van der Waals surface area contributed by atoms with Crippen molar-refractivity contribution in [2.75, 3.05) is 0 Å². The number of H-pyrrole nitrogens is 1. The quantitative estimate of drug-likeness (QED) is 0.422. The Kier molecular flexibility index (Phi) is 5.00. The van der Waals surface area contributed by atoms with E-state index in [0.29, 0.717) is 5.92 Å². The third-order valence-electron chi connectivity index (χ3n) is 8.62. The first-order valence-electron chi connectivity index (χ1n) is 13.1. The lowest BCUT2D eigenvalue weighted by molar-refractivity contribution is 0.0567. The lowest BCUT2D eigenvalue weighted by Gasteiger charge is -2.45. The zero-order valence-electron chi connectivity index (χ0n) is 19.6. The highest BCUT2D eigenvalue weighted by Gasteiger charge is 2.44. The molecular formula is C28H32N6. The van der Waals surface area contributed by atoms with E-state index in [2.05, 4.69) is 55.7 Å². The Balaban J connectivity index is 1.08. The zero-order chi connectivity index (χ0) is 22.5. The number of rotatable bonds is 4. The molecule has 6 heteroatoms. The second-order valence-electron chi connectivity index (χ2n) is 10.6. The van der Waals surface area contributed by atoms with Gasteiger partial charge in [-0.25, -0.2) is 4.68 Å². The van der Waals surface area contributed by atoms with E-state index in [1.54, 1.807) is 0 Å². The minimum atomic E-state index is 0.688. The normalized spacial score (nSPS) is 25.8. The summed E-state index contributed by atoms with van der Waals surface area (Å²) in [5.74, 6) is 0.688. The number of hydrogen-bond donors (Lipinski definition) is 1. The largest absolute Gasteiger partial charge is 0.294 e. The Morgan fingerprint density at radius 2 is 1.56 bits per heavy atom. The molecule has 3 fully saturated rings. The van der Waals surface area contributed by atoms with Crippen LogP contribution in [0.4, 0.5) is 0 Å². The number of para-hydroxylation sites is 1. The first kappa shape index (κ1) is 20.4. The van der Waals surface area contributed by atoms with Crippen molar-refractivity contribution >= 4 is 10.9 Å². The summed E-state index contributed by atoms with van der Waals surface area (Å²) in [6, 6.07) is 19.6. The van der Waals surface area contributed by atoms with Crippen LogP contribution in [0.15, 0.2) is 54.7 Å². The van der Waals surface area contributed by atoms with E-state index < -0.39 is 0 Å². The van der Waals surface area contributed by atoms with Gasteiger partial charge in [0.15, 0.2) is 0 Å². The van der Waals surface area contributed by atoms with E-state index in [4.69, 9.17) is 0 Å². The maximum atomic E-state index is 4.46. The van der Waals surface area contributed by atoms with Crippen LogP contribution in [0.2, 0.25) is 0 Å². The van der Waals surface area contributed by atoms with Gasteiger partial charge in [0.1, 0.15) is 11.4 Å². The SMILES string of the molecule is c1ccc2c(-c3cn(-c4ccc(C5C[C@H]6CC[C@@H](C5)N6C5CCCCC5)cc4)nn3)n[nH]c2c1. The molecule has 2 aromatic carbocycles. The van der Waals surface area contributed by atoms with Gasteiger partial charge < -0.3 is 0 Å². The van der Waals surface area contributed by atoms with Gasteiger partial charge in [0.05, 0.1) is 17.4 Å². The monoisotopic (exact) mass is 452 g/mol. The highest BCUT2D eigenvalue weighted by atomic mass is 15.4. The molecular weight excluding hydrogens is 420 g/mol. The van der Waals surface area contributed by atoms with Crippen LogP contribution in [0.5, 0.6) is 0 Å². The molecule has 7 rings (SSSR count). The molecule has 1 saturated carbocycles. The molecule has 1 N–H and O–H groups in total. The summed E-state index contributed by atoms with van der Waals surface area (Å²) in [5.41, 5.74) is 5.18. The maximum Gasteiger partial charge on any atom is 0.134 e. The molecule has 3 aliphatic rings. The Labute approximate surface area is 200 Å². The van der Waals surface area contributed by atoms with Crippen LogP contribution >= 0.6 is 0 Å². The van der Waals surface area contributed by atoms with Crippen LogP contribution in [0.25, 0.3) is 28.0 Å². The standard InChI is InChI=1S/C28H32N6/c1-2-6-22(7-3-1)34-23-14-15-24(34)17-20(16-23)19-10-12-21(13-11-19)33-18-27(30-32-33)28-25-8-4-5-9-26(25)29-31-28/h4-5,8-13,18,20,22-24H,1-3,6-7,14-17H2,(H,29,31)/t20?,23-,24+. The molecule has 174 valence electrons. The highest BCUT2D eigenvalue weighted by Crippen LogP contribution is 2.46. The molecule has 1 unspecified atom stereocenters. The van der Waals surface area contributed by atoms with E-state index in [1.165, 1.54) is 63.4 Å². The molecule has 6 nitrogen and oxygen atoms in total. The van der Waals surface area contributed by atoms with Crippen molar-refractivity contribution in [3.05, 3.63) is 60.3 Å². The zero-order valence-corrected chi connectivity index (χ0v) is 19.6. The Morgan fingerprint density at radius 1 is 0.794 bits per heavy atom. The summed E-state index contributed by atoms with van der Waals surface area (Å²) in [6.07, 6.45) is 14.6. The van der Waals surface area contributed by atoms with Gasteiger partial charge in [-0.15, -0.1) is 5.10 Å². The second kappa shape index (κ2) is 8.35. The van der Waals surface area contributed by atoms with Crippen molar-refractivity contribution in [2.45, 2.75) is 81.8 Å². The minimum absolute atomic E-state index is 0.688. The molecule has 0 spiro atoms. The number of aromatic nitrogens is 5. The maximum absolute atomic E-state index is 4.46. The Hall–Kier alpha value is -2.99. The third-order valence-corrected chi connectivity index (χ3v) is 8.62. The molecule has 0 amide bonds. The predicted octanol–water partition coefficient (Wildman–Crippen LogP) is 5.85. The van der Waals surface area contributed by atoms with Crippen LogP contribution in [0, 0.1) is 0 Å². The average Bonchev–Trinajstić information content (AvgIpc) is 3.60. The summed E-state index contributed by atoms with van der Waals surface area (Å²) in [6.45, 7) is 0. The lowest BCUT2D eigenvalue weighted by atomic mass is 9.82. The van der Waals surface area contributed by atoms with Crippen molar-refractivity contribution in [3.63, 3.8) is 0 Å². The molecule has 2 bridgehead atoms. The molecule has 4 heterocycles. The van der Waals surface area contributed by atoms with E-state index in [0.717, 1.165) is 46.1 Å². The van der Waals surface area contributed by atoms with Gasteiger partial charge in [-0.3, -0.25) is 10.00 Å². The second-order valence-corrected chi connectivity index (χ2v) is 10.6. The van der Waals surface area contributed by atoms with E-state index in [9.17, 15) is 0 Å². The number of piperidine rings is 1. The fourth-order valence-corrected chi connectivity index (χ4v) is 7.02. The summed E-state index contributed by atoms with van der Waals surface area (Å²) < 4.78 is 1.86. The highest BCUT2D eigenvalue weighted by molar-refractivity contribution is 5.91. The molecule has 34 heavy (non-hydrogen) atoms. The van der Waals surface area contributed by atoms with Gasteiger partial charge in [0, 0.05) is 23.5 Å². The Morgan fingerprint density at radius 3 is 2.35 bits per heavy atom. The topological polar surface area (TPSA) is 62.6 Å². The van der Waals surface area contributed by atoms with Crippen LogP contribution < -0.4 is 0 Å². The van der Waals surface area contributed by atoms with E-state index in [-0.39, 0.29) is 0 Å². The van der Waals surface area contributed by atoms with E-state index in [1.807, 2.05) is 29.1 Å². The fourth-order valence-electron chi connectivity index (χ4n) is 7.02. The summed E-state index contributed by atoms with van der Waals surface area (Å²) in [4.78, 5) is 2.96. The fraction of sp³-hybridized carbons (Fsp3) is 0.464. The molecule has 3 atom stereocenters. The van der Waals surface area contributed by atoms with Crippen molar-refractivity contribution in [1.29, 1.82) is 0 Å². The van der Waals surface area contributed by atoms with Crippen molar-refractivity contribution in [3.8, 4) is 17.1 Å². The van der Waals surface area contributed by atoms with Crippen LogP contribution in [0.3, 0.4) is 0 Å². The first-order chi connectivity index (χ1) is 16.8. The van der Waals surface area contributed by atoms with Gasteiger partial charge >= 0.3 is 0 Å². The summed E-state index contributed by atoms with van der Waals surface area (Å²) >= 11 is 0.